The lowest BCUT2D eigenvalue weighted by Gasteiger charge is -2.14. The highest BCUT2D eigenvalue weighted by molar-refractivity contribution is 8.01. The van der Waals surface area contributed by atoms with Gasteiger partial charge >= 0.3 is 0 Å². The van der Waals surface area contributed by atoms with E-state index in [0.717, 1.165) is 0 Å². The summed E-state index contributed by atoms with van der Waals surface area (Å²) in [5, 5.41) is 0. The van der Waals surface area contributed by atoms with Crippen molar-refractivity contribution >= 4 is 11.8 Å². The van der Waals surface area contributed by atoms with E-state index in [0.29, 0.717) is 4.75 Å². The van der Waals surface area contributed by atoms with Gasteiger partial charge < -0.3 is 0 Å². The molecule has 0 spiro atoms. The predicted octanol–water partition coefficient (Wildman–Crippen LogP) is 6.06. The molecule has 2 rings (SSSR count). The molecule has 0 amide bonds. The molecule has 0 nitrogen and oxygen atoms in total. The zero-order valence-corrected chi connectivity index (χ0v) is 12.5. The maximum absolute atomic E-state index is 2.29. The van der Waals surface area contributed by atoms with Crippen LogP contribution in [0.1, 0.15) is 64.7 Å². The number of rotatable bonds is 9. The second-order valence-electron chi connectivity index (χ2n) is 5.62. The molecular weight excluding hydrogens is 236 g/mol. The van der Waals surface area contributed by atoms with E-state index in [-0.39, 0.29) is 0 Å². The van der Waals surface area contributed by atoms with Gasteiger partial charge in [0.1, 0.15) is 0 Å². The van der Waals surface area contributed by atoms with Gasteiger partial charge in [-0.05, 0) is 31.4 Å². The first-order valence-electron chi connectivity index (χ1n) is 7.59. The summed E-state index contributed by atoms with van der Waals surface area (Å²) in [5.41, 5.74) is 0. The van der Waals surface area contributed by atoms with E-state index in [1.165, 1.54) is 62.7 Å². The Labute approximate surface area is 117 Å². The SMILES string of the molecule is CCCCCCCCC1(Sc2ccccc2)CC1. The lowest BCUT2D eigenvalue weighted by Crippen LogP contribution is -2.02. The van der Waals surface area contributed by atoms with Crippen LogP contribution in [0, 0.1) is 0 Å². The highest BCUT2D eigenvalue weighted by Crippen LogP contribution is 2.54. The molecule has 0 aliphatic heterocycles. The van der Waals surface area contributed by atoms with E-state index in [1.807, 2.05) is 0 Å². The van der Waals surface area contributed by atoms with Gasteiger partial charge in [-0.1, -0.05) is 63.6 Å². The molecule has 0 bridgehead atoms. The fraction of sp³-hybridized carbons (Fsp3) is 0.647. The van der Waals surface area contributed by atoms with Crippen LogP contribution in [0.2, 0.25) is 0 Å². The van der Waals surface area contributed by atoms with Gasteiger partial charge in [0.05, 0.1) is 0 Å². The van der Waals surface area contributed by atoms with Crippen molar-refractivity contribution in [2.75, 3.05) is 0 Å². The molecule has 1 aliphatic rings. The van der Waals surface area contributed by atoms with E-state index in [2.05, 4.69) is 49.0 Å². The van der Waals surface area contributed by atoms with Crippen molar-refractivity contribution in [2.45, 2.75) is 74.4 Å². The molecule has 1 saturated carbocycles. The van der Waals surface area contributed by atoms with Gasteiger partial charge in [0.25, 0.3) is 0 Å². The molecule has 0 saturated heterocycles. The Kier molecular flexibility index (Phi) is 5.62. The van der Waals surface area contributed by atoms with Crippen molar-refractivity contribution in [3.63, 3.8) is 0 Å². The van der Waals surface area contributed by atoms with Crippen molar-refractivity contribution in [1.82, 2.24) is 0 Å². The van der Waals surface area contributed by atoms with Crippen molar-refractivity contribution in [1.29, 1.82) is 0 Å². The molecule has 18 heavy (non-hydrogen) atoms. The molecule has 0 N–H and O–H groups in total. The van der Waals surface area contributed by atoms with Gasteiger partial charge in [-0.2, -0.15) is 0 Å². The minimum Gasteiger partial charge on any atom is -0.119 e. The van der Waals surface area contributed by atoms with Gasteiger partial charge in [-0.3, -0.25) is 0 Å². The smallest absolute Gasteiger partial charge is 0.0208 e. The Morgan fingerprint density at radius 2 is 1.61 bits per heavy atom. The molecule has 0 aromatic heterocycles. The van der Waals surface area contributed by atoms with Crippen LogP contribution in [0.5, 0.6) is 0 Å². The summed E-state index contributed by atoms with van der Waals surface area (Å²) < 4.78 is 0.617. The maximum atomic E-state index is 2.29. The van der Waals surface area contributed by atoms with Crippen LogP contribution in [0.15, 0.2) is 35.2 Å². The first-order valence-corrected chi connectivity index (χ1v) is 8.40. The zero-order valence-electron chi connectivity index (χ0n) is 11.7. The Morgan fingerprint density at radius 1 is 0.944 bits per heavy atom. The average Bonchev–Trinajstić information content (AvgIpc) is 3.15. The summed E-state index contributed by atoms with van der Waals surface area (Å²) in [7, 11) is 0. The molecule has 0 heterocycles. The molecule has 0 atom stereocenters. The second kappa shape index (κ2) is 7.23. The minimum absolute atomic E-state index is 0.617. The number of hydrogen-bond acceptors (Lipinski definition) is 1. The number of thioether (sulfide) groups is 1. The Bertz CT molecular complexity index is 327. The van der Waals surface area contributed by atoms with Crippen LogP contribution in [0.25, 0.3) is 0 Å². The van der Waals surface area contributed by atoms with Crippen molar-refractivity contribution in [2.24, 2.45) is 0 Å². The van der Waals surface area contributed by atoms with Crippen molar-refractivity contribution in [3.8, 4) is 0 Å². The lowest BCUT2D eigenvalue weighted by atomic mass is 10.1. The third kappa shape index (κ3) is 4.68. The lowest BCUT2D eigenvalue weighted by molar-refractivity contribution is 0.579. The van der Waals surface area contributed by atoms with Crippen molar-refractivity contribution < 1.29 is 0 Å². The molecule has 1 aromatic carbocycles. The molecule has 1 aromatic rings. The number of unbranched alkanes of at least 4 members (excludes halogenated alkanes) is 5. The van der Waals surface area contributed by atoms with Crippen LogP contribution in [0.3, 0.4) is 0 Å². The quantitative estimate of drug-likeness (QED) is 0.487. The first kappa shape index (κ1) is 14.0. The summed E-state index contributed by atoms with van der Waals surface area (Å²) >= 11 is 2.13. The van der Waals surface area contributed by atoms with E-state index < -0.39 is 0 Å². The van der Waals surface area contributed by atoms with Gasteiger partial charge in [0.15, 0.2) is 0 Å². The van der Waals surface area contributed by atoms with Crippen LogP contribution in [-0.4, -0.2) is 4.75 Å². The highest BCUT2D eigenvalue weighted by Gasteiger charge is 2.42. The Balaban J connectivity index is 1.63. The summed E-state index contributed by atoms with van der Waals surface area (Å²) in [6.45, 7) is 2.29. The van der Waals surface area contributed by atoms with Gasteiger partial charge in [0, 0.05) is 9.64 Å². The molecule has 100 valence electrons. The molecule has 1 heteroatoms. The highest BCUT2D eigenvalue weighted by atomic mass is 32.2. The average molecular weight is 262 g/mol. The largest absolute Gasteiger partial charge is 0.119 e. The molecular formula is C17H26S. The molecule has 0 unspecified atom stereocenters. The molecule has 0 radical (unpaired) electrons. The summed E-state index contributed by atoms with van der Waals surface area (Å²) in [6, 6.07) is 10.9. The summed E-state index contributed by atoms with van der Waals surface area (Å²) in [4.78, 5) is 1.46. The fourth-order valence-corrected chi connectivity index (χ4v) is 3.85. The van der Waals surface area contributed by atoms with Gasteiger partial charge in [0.2, 0.25) is 0 Å². The van der Waals surface area contributed by atoms with E-state index in [4.69, 9.17) is 0 Å². The number of benzene rings is 1. The van der Waals surface area contributed by atoms with E-state index in [9.17, 15) is 0 Å². The van der Waals surface area contributed by atoms with Gasteiger partial charge in [-0.25, -0.2) is 0 Å². The zero-order chi connectivity index (χ0) is 12.7. The third-order valence-corrected chi connectivity index (χ3v) is 5.42. The summed E-state index contributed by atoms with van der Waals surface area (Å²) in [6.07, 6.45) is 12.8. The van der Waals surface area contributed by atoms with Gasteiger partial charge in [-0.15, -0.1) is 11.8 Å². The predicted molar refractivity (Wildman–Crippen MR) is 82.3 cm³/mol. The maximum Gasteiger partial charge on any atom is 0.0208 e. The van der Waals surface area contributed by atoms with Crippen LogP contribution < -0.4 is 0 Å². The number of hydrogen-bond donors (Lipinski definition) is 0. The first-order chi connectivity index (χ1) is 8.85. The third-order valence-electron chi connectivity index (χ3n) is 3.87. The van der Waals surface area contributed by atoms with Crippen LogP contribution in [-0.2, 0) is 0 Å². The Hall–Kier alpha value is -0.430. The minimum atomic E-state index is 0.617. The standard InChI is InChI=1S/C17H26S/c1-2-3-4-5-6-10-13-17(14-15-17)18-16-11-8-7-9-12-16/h7-9,11-12H,2-6,10,13-15H2,1H3. The topological polar surface area (TPSA) is 0 Å². The molecule has 1 fully saturated rings. The summed E-state index contributed by atoms with van der Waals surface area (Å²) in [5.74, 6) is 0. The normalized spacial score (nSPS) is 16.7. The van der Waals surface area contributed by atoms with E-state index >= 15 is 0 Å². The Morgan fingerprint density at radius 3 is 2.28 bits per heavy atom. The fourth-order valence-electron chi connectivity index (χ4n) is 2.51. The van der Waals surface area contributed by atoms with E-state index in [1.54, 1.807) is 0 Å². The van der Waals surface area contributed by atoms with Crippen LogP contribution >= 0.6 is 11.8 Å². The molecule has 1 aliphatic carbocycles. The second-order valence-corrected chi connectivity index (χ2v) is 7.16. The monoisotopic (exact) mass is 262 g/mol. The van der Waals surface area contributed by atoms with Crippen molar-refractivity contribution in [3.05, 3.63) is 30.3 Å². The van der Waals surface area contributed by atoms with Crippen LogP contribution in [0.4, 0.5) is 0 Å².